The minimum atomic E-state index is -3.72. The Labute approximate surface area is 122 Å². The molecule has 0 amide bonds. The van der Waals surface area contributed by atoms with Gasteiger partial charge in [0.05, 0.1) is 28.6 Å². The van der Waals surface area contributed by atoms with Crippen molar-refractivity contribution in [2.75, 3.05) is 32.8 Å². The van der Waals surface area contributed by atoms with Crippen molar-refractivity contribution < 1.29 is 23.1 Å². The van der Waals surface area contributed by atoms with Gasteiger partial charge in [0.15, 0.2) is 0 Å². The van der Waals surface area contributed by atoms with E-state index in [0.717, 1.165) is 0 Å². The molecule has 2 aliphatic rings. The maximum absolute atomic E-state index is 12.6. The summed E-state index contributed by atoms with van der Waals surface area (Å²) in [5, 5.41) is 9.17. The molecule has 1 saturated heterocycles. The van der Waals surface area contributed by atoms with Gasteiger partial charge < -0.3 is 9.84 Å². The minimum Gasteiger partial charge on any atom is -0.478 e. The summed E-state index contributed by atoms with van der Waals surface area (Å²) in [4.78, 5) is 13.4. The Kier molecular flexibility index (Phi) is 3.56. The fraction of sp³-hybridized carbons (Fsp3) is 0.357. The van der Waals surface area contributed by atoms with Crippen LogP contribution in [0.25, 0.3) is 6.08 Å². The number of carbonyl (C=O) groups is 1. The Morgan fingerprint density at radius 1 is 1.29 bits per heavy atom. The first-order valence-corrected chi connectivity index (χ1v) is 8.10. The smallest absolute Gasteiger partial charge is 0.337 e. The normalized spacial score (nSPS) is 20.9. The van der Waals surface area contributed by atoms with Gasteiger partial charge in [0.25, 0.3) is 0 Å². The molecule has 0 radical (unpaired) electrons. The highest BCUT2D eigenvalue weighted by Crippen LogP contribution is 2.35. The van der Waals surface area contributed by atoms with Crippen LogP contribution in [-0.4, -0.2) is 57.2 Å². The van der Waals surface area contributed by atoms with Crippen molar-refractivity contribution in [3.8, 4) is 0 Å². The predicted molar refractivity (Wildman–Crippen MR) is 75.8 cm³/mol. The van der Waals surface area contributed by atoms with Crippen LogP contribution in [0, 0.1) is 0 Å². The van der Waals surface area contributed by atoms with Crippen molar-refractivity contribution in [2.45, 2.75) is 4.90 Å². The zero-order chi connectivity index (χ0) is 15.0. The summed E-state index contributed by atoms with van der Waals surface area (Å²) in [7, 11) is -3.72. The third-order valence-electron chi connectivity index (χ3n) is 3.69. The van der Waals surface area contributed by atoms with Crippen molar-refractivity contribution in [1.29, 1.82) is 0 Å². The van der Waals surface area contributed by atoms with E-state index in [1.165, 1.54) is 6.07 Å². The van der Waals surface area contributed by atoms with Crippen LogP contribution < -0.4 is 0 Å². The van der Waals surface area contributed by atoms with E-state index in [0.29, 0.717) is 38.4 Å². The number of rotatable bonds is 3. The van der Waals surface area contributed by atoms with Gasteiger partial charge in [-0.25, -0.2) is 13.2 Å². The molecule has 6 nitrogen and oxygen atoms in total. The number of ether oxygens (including phenoxy) is 1. The number of benzene rings is 1. The third kappa shape index (κ3) is 2.48. The second-order valence-corrected chi connectivity index (χ2v) is 6.97. The highest BCUT2D eigenvalue weighted by atomic mass is 32.2. The van der Waals surface area contributed by atoms with Crippen LogP contribution in [0.15, 0.2) is 28.0 Å². The van der Waals surface area contributed by atoms with E-state index < -0.39 is 15.8 Å². The van der Waals surface area contributed by atoms with Crippen LogP contribution >= 0.6 is 0 Å². The molecule has 21 heavy (non-hydrogen) atoms. The molecule has 0 saturated carbocycles. The van der Waals surface area contributed by atoms with Crippen LogP contribution in [0.5, 0.6) is 0 Å². The molecule has 0 bridgehead atoms. The molecule has 0 spiro atoms. The Balaban J connectivity index is 1.96. The lowest BCUT2D eigenvalue weighted by molar-refractivity contribution is 0.0430. The molecule has 0 aromatic heterocycles. The number of carboxylic acids is 1. The molecule has 1 aromatic rings. The number of hydrogen-bond donors (Lipinski definition) is 1. The number of carboxylic acid groups (broad SMARTS) is 1. The van der Waals surface area contributed by atoms with Crippen molar-refractivity contribution in [2.24, 2.45) is 0 Å². The Morgan fingerprint density at radius 3 is 2.67 bits per heavy atom. The highest BCUT2D eigenvalue weighted by Gasteiger charge is 2.34. The Morgan fingerprint density at radius 2 is 2.00 bits per heavy atom. The van der Waals surface area contributed by atoms with Crippen LogP contribution in [0.4, 0.5) is 0 Å². The molecule has 3 rings (SSSR count). The van der Waals surface area contributed by atoms with Crippen LogP contribution in [-0.2, 0) is 14.6 Å². The fourth-order valence-electron chi connectivity index (χ4n) is 2.63. The summed E-state index contributed by atoms with van der Waals surface area (Å²) in [6.45, 7) is 2.81. The van der Waals surface area contributed by atoms with Crippen molar-refractivity contribution >= 4 is 21.9 Å². The van der Waals surface area contributed by atoms with E-state index >= 15 is 0 Å². The van der Waals surface area contributed by atoms with E-state index in [4.69, 9.17) is 4.74 Å². The molecular weight excluding hydrogens is 294 g/mol. The van der Waals surface area contributed by atoms with Gasteiger partial charge in [0, 0.05) is 19.6 Å². The Hall–Kier alpha value is -1.70. The number of hydrogen-bond acceptors (Lipinski definition) is 5. The van der Waals surface area contributed by atoms with Gasteiger partial charge >= 0.3 is 5.97 Å². The number of fused-ring (bicyclic) bond motifs is 1. The van der Waals surface area contributed by atoms with Crippen molar-refractivity contribution in [3.05, 3.63) is 34.2 Å². The molecular formula is C14H15NO5S. The summed E-state index contributed by atoms with van der Waals surface area (Å²) in [5.41, 5.74) is 0.291. The van der Waals surface area contributed by atoms with Crippen LogP contribution in [0.1, 0.15) is 15.9 Å². The van der Waals surface area contributed by atoms with Gasteiger partial charge in [-0.2, -0.15) is 0 Å². The fourth-order valence-corrected chi connectivity index (χ4v) is 4.41. The quantitative estimate of drug-likeness (QED) is 0.891. The van der Waals surface area contributed by atoms with Crippen LogP contribution in [0.3, 0.4) is 0 Å². The first-order valence-electron chi connectivity index (χ1n) is 6.62. The van der Waals surface area contributed by atoms with Crippen molar-refractivity contribution in [1.82, 2.24) is 4.90 Å². The second-order valence-electron chi connectivity index (χ2n) is 5.03. The van der Waals surface area contributed by atoms with Crippen molar-refractivity contribution in [3.63, 3.8) is 0 Å². The maximum atomic E-state index is 12.6. The topological polar surface area (TPSA) is 83.9 Å². The third-order valence-corrected chi connectivity index (χ3v) is 5.62. The van der Waals surface area contributed by atoms with Gasteiger partial charge in [-0.05, 0) is 17.7 Å². The van der Waals surface area contributed by atoms with Gasteiger partial charge in [-0.3, -0.25) is 4.90 Å². The lowest BCUT2D eigenvalue weighted by atomic mass is 10.1. The number of aromatic carboxylic acids is 1. The summed E-state index contributed by atoms with van der Waals surface area (Å²) >= 11 is 0. The first kappa shape index (κ1) is 14.2. The second kappa shape index (κ2) is 5.25. The molecule has 2 aliphatic heterocycles. The van der Waals surface area contributed by atoms with E-state index in [1.54, 1.807) is 18.2 Å². The largest absolute Gasteiger partial charge is 0.478 e. The molecule has 112 valence electrons. The molecule has 1 N–H and O–H groups in total. The molecule has 1 fully saturated rings. The number of sulfone groups is 1. The highest BCUT2D eigenvalue weighted by molar-refractivity contribution is 7.96. The molecule has 0 atom stereocenters. The zero-order valence-electron chi connectivity index (χ0n) is 11.3. The summed E-state index contributed by atoms with van der Waals surface area (Å²) in [6, 6.07) is 4.52. The summed E-state index contributed by atoms with van der Waals surface area (Å²) < 4.78 is 30.4. The monoisotopic (exact) mass is 309 g/mol. The molecule has 0 unspecified atom stereocenters. The standard InChI is InChI=1S/C14H15NO5S/c16-14(17)12-3-1-2-10-8-11(21(18,19)13(10)12)9-15-4-6-20-7-5-15/h1-3,8H,4-7,9H2,(H,16,17). The summed E-state index contributed by atoms with van der Waals surface area (Å²) in [5.74, 6) is -1.23. The average molecular weight is 309 g/mol. The van der Waals surface area contributed by atoms with E-state index in [9.17, 15) is 18.3 Å². The lowest BCUT2D eigenvalue weighted by Crippen LogP contribution is -2.38. The van der Waals surface area contributed by atoms with Gasteiger partial charge in [-0.1, -0.05) is 12.1 Å². The molecule has 0 aliphatic carbocycles. The maximum Gasteiger partial charge on any atom is 0.337 e. The van der Waals surface area contributed by atoms with Gasteiger partial charge in [-0.15, -0.1) is 0 Å². The van der Waals surface area contributed by atoms with E-state index in [-0.39, 0.29) is 15.4 Å². The number of morpholine rings is 1. The molecule has 7 heteroatoms. The number of nitrogens with zero attached hydrogens (tertiary/aromatic N) is 1. The predicted octanol–water partition coefficient (Wildman–Crippen LogP) is 0.845. The van der Waals surface area contributed by atoms with Gasteiger partial charge in [0.2, 0.25) is 9.84 Å². The zero-order valence-corrected chi connectivity index (χ0v) is 12.1. The molecule has 1 aromatic carbocycles. The Bertz CT molecular complexity index is 717. The average Bonchev–Trinajstić information content (AvgIpc) is 2.71. The van der Waals surface area contributed by atoms with Gasteiger partial charge in [0.1, 0.15) is 0 Å². The first-order chi connectivity index (χ1) is 10.00. The van der Waals surface area contributed by atoms with E-state index in [2.05, 4.69) is 0 Å². The SMILES string of the molecule is O=C(O)c1cccc2c1S(=O)(=O)C(CN1CCOCC1)=C2. The summed E-state index contributed by atoms with van der Waals surface area (Å²) in [6.07, 6.45) is 1.58. The minimum absolute atomic E-state index is 0.0826. The lowest BCUT2D eigenvalue weighted by Gasteiger charge is -2.26. The van der Waals surface area contributed by atoms with E-state index in [1.807, 2.05) is 4.90 Å². The molecule has 2 heterocycles. The van der Waals surface area contributed by atoms with Crippen LogP contribution in [0.2, 0.25) is 0 Å².